The molecule has 0 spiro atoms. The quantitative estimate of drug-likeness (QED) is 0.806. The standard InChI is InChI=1S/C17H18N4O2/c1-23-12-4-5-15(22)13(10-12)14-11-19-17-16(18-6-9-21(14)17)20-7-2-3-8-20/h4-6,9-11,22H,2-3,7-8H2,1H3. The van der Waals surface area contributed by atoms with Crippen molar-refractivity contribution in [1.82, 2.24) is 14.4 Å². The Kier molecular flexibility index (Phi) is 3.29. The van der Waals surface area contributed by atoms with E-state index < -0.39 is 0 Å². The van der Waals surface area contributed by atoms with Crippen molar-refractivity contribution in [2.45, 2.75) is 12.8 Å². The Labute approximate surface area is 134 Å². The summed E-state index contributed by atoms with van der Waals surface area (Å²) in [5, 5.41) is 10.2. The molecule has 0 atom stereocenters. The first-order chi connectivity index (χ1) is 11.3. The van der Waals surface area contributed by atoms with Crippen LogP contribution in [0.5, 0.6) is 11.5 Å². The summed E-state index contributed by atoms with van der Waals surface area (Å²) in [5.74, 6) is 1.80. The highest BCUT2D eigenvalue weighted by atomic mass is 16.5. The van der Waals surface area contributed by atoms with Crippen molar-refractivity contribution in [3.05, 3.63) is 36.8 Å². The molecular formula is C17H18N4O2. The lowest BCUT2D eigenvalue weighted by atomic mass is 10.1. The SMILES string of the molecule is COc1ccc(O)c(-c2cnc3c(N4CCCC4)nccn23)c1. The number of hydrogen-bond acceptors (Lipinski definition) is 5. The van der Waals surface area contributed by atoms with Crippen molar-refractivity contribution in [2.24, 2.45) is 0 Å². The molecule has 1 N–H and O–H groups in total. The first-order valence-corrected chi connectivity index (χ1v) is 7.72. The molecule has 0 aliphatic carbocycles. The van der Waals surface area contributed by atoms with Gasteiger partial charge in [-0.3, -0.25) is 4.40 Å². The summed E-state index contributed by atoms with van der Waals surface area (Å²) < 4.78 is 7.23. The molecule has 2 aromatic heterocycles. The number of phenolic OH excluding ortho intramolecular Hbond substituents is 1. The van der Waals surface area contributed by atoms with Gasteiger partial charge in [0.05, 0.1) is 19.0 Å². The highest BCUT2D eigenvalue weighted by Crippen LogP contribution is 2.34. The zero-order valence-electron chi connectivity index (χ0n) is 12.9. The van der Waals surface area contributed by atoms with Gasteiger partial charge in [0.1, 0.15) is 11.5 Å². The van der Waals surface area contributed by atoms with Crippen LogP contribution in [0.1, 0.15) is 12.8 Å². The molecule has 1 fully saturated rings. The van der Waals surface area contributed by atoms with Crippen molar-refractivity contribution in [3.8, 4) is 22.8 Å². The van der Waals surface area contributed by atoms with Gasteiger partial charge >= 0.3 is 0 Å². The number of aromatic hydroxyl groups is 1. The minimum absolute atomic E-state index is 0.201. The van der Waals surface area contributed by atoms with E-state index in [1.165, 1.54) is 12.8 Å². The molecule has 3 aromatic rings. The highest BCUT2D eigenvalue weighted by Gasteiger charge is 2.19. The van der Waals surface area contributed by atoms with Crippen molar-refractivity contribution in [3.63, 3.8) is 0 Å². The van der Waals surface area contributed by atoms with E-state index in [1.807, 2.05) is 16.7 Å². The van der Waals surface area contributed by atoms with Crippen LogP contribution < -0.4 is 9.64 Å². The van der Waals surface area contributed by atoms with Crippen LogP contribution in [-0.4, -0.2) is 39.7 Å². The van der Waals surface area contributed by atoms with E-state index in [4.69, 9.17) is 4.74 Å². The van der Waals surface area contributed by atoms with Crippen LogP contribution in [-0.2, 0) is 0 Å². The average Bonchev–Trinajstić information content (AvgIpc) is 3.25. The number of hydrogen-bond donors (Lipinski definition) is 1. The first-order valence-electron chi connectivity index (χ1n) is 7.72. The van der Waals surface area contributed by atoms with E-state index >= 15 is 0 Å². The van der Waals surface area contributed by atoms with Crippen LogP contribution in [0.2, 0.25) is 0 Å². The summed E-state index contributed by atoms with van der Waals surface area (Å²) in [6, 6.07) is 5.18. The summed E-state index contributed by atoms with van der Waals surface area (Å²) >= 11 is 0. The van der Waals surface area contributed by atoms with Crippen LogP contribution in [0.15, 0.2) is 36.8 Å². The van der Waals surface area contributed by atoms with Gasteiger partial charge in [-0.1, -0.05) is 0 Å². The molecule has 0 unspecified atom stereocenters. The van der Waals surface area contributed by atoms with Gasteiger partial charge in [0, 0.05) is 31.0 Å². The molecule has 1 aromatic carbocycles. The average molecular weight is 310 g/mol. The third-order valence-corrected chi connectivity index (χ3v) is 4.29. The molecular weight excluding hydrogens is 292 g/mol. The van der Waals surface area contributed by atoms with Crippen LogP contribution >= 0.6 is 0 Å². The Hall–Kier alpha value is -2.76. The van der Waals surface area contributed by atoms with Crippen molar-refractivity contribution in [2.75, 3.05) is 25.1 Å². The molecule has 118 valence electrons. The smallest absolute Gasteiger partial charge is 0.180 e. The number of rotatable bonds is 3. The molecule has 1 saturated heterocycles. The summed E-state index contributed by atoms with van der Waals surface area (Å²) in [5.41, 5.74) is 2.32. The van der Waals surface area contributed by atoms with E-state index in [1.54, 1.807) is 31.6 Å². The van der Waals surface area contributed by atoms with Gasteiger partial charge in [-0.25, -0.2) is 9.97 Å². The molecule has 3 heterocycles. The van der Waals surface area contributed by atoms with E-state index in [2.05, 4.69) is 14.9 Å². The number of fused-ring (bicyclic) bond motifs is 1. The number of imidazole rings is 1. The number of aromatic nitrogens is 3. The lowest BCUT2D eigenvalue weighted by molar-refractivity contribution is 0.412. The number of ether oxygens (including phenoxy) is 1. The van der Waals surface area contributed by atoms with Gasteiger partial charge in [-0.15, -0.1) is 0 Å². The summed E-state index contributed by atoms with van der Waals surface area (Å²) in [7, 11) is 1.61. The lowest BCUT2D eigenvalue weighted by Crippen LogP contribution is -2.19. The normalized spacial score (nSPS) is 14.6. The molecule has 6 heteroatoms. The Morgan fingerprint density at radius 2 is 2.00 bits per heavy atom. The topological polar surface area (TPSA) is 62.9 Å². The van der Waals surface area contributed by atoms with Gasteiger partial charge < -0.3 is 14.7 Å². The lowest BCUT2D eigenvalue weighted by Gasteiger charge is -2.16. The predicted octanol–water partition coefficient (Wildman–Crippen LogP) is 2.71. The number of benzene rings is 1. The Morgan fingerprint density at radius 1 is 1.17 bits per heavy atom. The molecule has 0 bridgehead atoms. The van der Waals surface area contributed by atoms with Gasteiger partial charge in [0.25, 0.3) is 0 Å². The molecule has 4 rings (SSSR count). The fraction of sp³-hybridized carbons (Fsp3) is 0.294. The maximum atomic E-state index is 10.2. The second-order valence-corrected chi connectivity index (χ2v) is 5.67. The van der Waals surface area contributed by atoms with Crippen molar-refractivity contribution in [1.29, 1.82) is 0 Å². The first kappa shape index (κ1) is 13.9. The highest BCUT2D eigenvalue weighted by molar-refractivity contribution is 5.75. The predicted molar refractivity (Wildman–Crippen MR) is 88.1 cm³/mol. The molecule has 23 heavy (non-hydrogen) atoms. The molecule has 0 saturated carbocycles. The minimum atomic E-state index is 0.201. The van der Waals surface area contributed by atoms with Gasteiger partial charge in [0.15, 0.2) is 11.5 Å². The Bertz CT molecular complexity index is 853. The third-order valence-electron chi connectivity index (χ3n) is 4.29. The molecule has 0 amide bonds. The van der Waals surface area contributed by atoms with Gasteiger partial charge in [-0.05, 0) is 31.0 Å². The summed E-state index contributed by atoms with van der Waals surface area (Å²) in [6.07, 6.45) is 7.80. The number of nitrogens with zero attached hydrogens (tertiary/aromatic N) is 4. The van der Waals surface area contributed by atoms with Crippen LogP contribution in [0.25, 0.3) is 16.9 Å². The fourth-order valence-corrected chi connectivity index (χ4v) is 3.10. The third kappa shape index (κ3) is 2.27. The minimum Gasteiger partial charge on any atom is -0.507 e. The maximum Gasteiger partial charge on any atom is 0.180 e. The van der Waals surface area contributed by atoms with Crippen molar-refractivity contribution >= 4 is 11.5 Å². The second-order valence-electron chi connectivity index (χ2n) is 5.67. The van der Waals surface area contributed by atoms with Gasteiger partial charge in [-0.2, -0.15) is 0 Å². The van der Waals surface area contributed by atoms with E-state index in [9.17, 15) is 5.11 Å². The van der Waals surface area contributed by atoms with Crippen LogP contribution in [0.3, 0.4) is 0 Å². The van der Waals surface area contributed by atoms with Crippen LogP contribution in [0, 0.1) is 0 Å². The van der Waals surface area contributed by atoms with E-state index in [-0.39, 0.29) is 5.75 Å². The van der Waals surface area contributed by atoms with E-state index in [0.717, 1.165) is 30.2 Å². The van der Waals surface area contributed by atoms with Crippen LogP contribution in [0.4, 0.5) is 5.82 Å². The second kappa shape index (κ2) is 5.46. The molecule has 1 aliphatic heterocycles. The zero-order chi connectivity index (χ0) is 15.8. The zero-order valence-corrected chi connectivity index (χ0v) is 12.9. The fourth-order valence-electron chi connectivity index (χ4n) is 3.10. The number of methoxy groups -OCH3 is 1. The summed E-state index contributed by atoms with van der Waals surface area (Å²) in [6.45, 7) is 2.03. The van der Waals surface area contributed by atoms with Crippen molar-refractivity contribution < 1.29 is 9.84 Å². The van der Waals surface area contributed by atoms with E-state index in [0.29, 0.717) is 11.3 Å². The molecule has 6 nitrogen and oxygen atoms in total. The largest absolute Gasteiger partial charge is 0.507 e. The number of anilines is 1. The maximum absolute atomic E-state index is 10.2. The van der Waals surface area contributed by atoms with Gasteiger partial charge in [0.2, 0.25) is 0 Å². The molecule has 1 aliphatic rings. The number of phenols is 1. The Morgan fingerprint density at radius 3 is 2.78 bits per heavy atom. The molecule has 0 radical (unpaired) electrons. The monoisotopic (exact) mass is 310 g/mol. The Balaban J connectivity index is 1.87. The summed E-state index contributed by atoms with van der Waals surface area (Å²) in [4.78, 5) is 11.3.